The Morgan fingerprint density at radius 1 is 1.38 bits per heavy atom. The van der Waals surface area contributed by atoms with E-state index in [0.29, 0.717) is 10.6 Å². The SMILES string of the molecule is Cc1ccsc1C(=O)c1cccc(Br)c1Cl. The van der Waals surface area contributed by atoms with E-state index in [0.717, 1.165) is 14.9 Å². The average molecular weight is 316 g/mol. The lowest BCUT2D eigenvalue weighted by atomic mass is 10.1. The summed E-state index contributed by atoms with van der Waals surface area (Å²) >= 11 is 10.9. The number of benzene rings is 1. The minimum absolute atomic E-state index is 0.0150. The Bertz CT molecular complexity index is 548. The molecule has 1 nitrogen and oxygen atoms in total. The summed E-state index contributed by atoms with van der Waals surface area (Å²) in [6.07, 6.45) is 0. The first kappa shape index (κ1) is 11.8. The summed E-state index contributed by atoms with van der Waals surface area (Å²) in [6.45, 7) is 1.93. The molecular weight excluding hydrogens is 308 g/mol. The molecule has 0 bridgehead atoms. The molecule has 1 aromatic heterocycles. The number of carbonyl (C=O) groups excluding carboxylic acids is 1. The van der Waals surface area contributed by atoms with Crippen LogP contribution in [-0.4, -0.2) is 5.78 Å². The van der Waals surface area contributed by atoms with Crippen LogP contribution in [0.5, 0.6) is 0 Å². The van der Waals surface area contributed by atoms with E-state index in [9.17, 15) is 4.79 Å². The normalized spacial score (nSPS) is 10.4. The largest absolute Gasteiger partial charge is 0.288 e. The third-order valence-electron chi connectivity index (χ3n) is 2.26. The number of halogens is 2. The van der Waals surface area contributed by atoms with Gasteiger partial charge in [0.2, 0.25) is 5.78 Å². The molecule has 0 amide bonds. The predicted molar refractivity (Wildman–Crippen MR) is 71.6 cm³/mol. The molecule has 82 valence electrons. The summed E-state index contributed by atoms with van der Waals surface area (Å²) < 4.78 is 0.745. The maximum absolute atomic E-state index is 12.2. The van der Waals surface area contributed by atoms with E-state index in [-0.39, 0.29) is 5.78 Å². The van der Waals surface area contributed by atoms with Gasteiger partial charge in [0.15, 0.2) is 0 Å². The van der Waals surface area contributed by atoms with Gasteiger partial charge in [0.1, 0.15) is 0 Å². The van der Waals surface area contributed by atoms with Crippen molar-refractivity contribution in [3.63, 3.8) is 0 Å². The smallest absolute Gasteiger partial charge is 0.204 e. The molecule has 0 aliphatic heterocycles. The number of hydrogen-bond donors (Lipinski definition) is 0. The van der Waals surface area contributed by atoms with Crippen LogP contribution in [0.3, 0.4) is 0 Å². The average Bonchev–Trinajstić information content (AvgIpc) is 2.68. The van der Waals surface area contributed by atoms with Gasteiger partial charge in [0.25, 0.3) is 0 Å². The number of hydrogen-bond acceptors (Lipinski definition) is 2. The van der Waals surface area contributed by atoms with Crippen molar-refractivity contribution in [2.45, 2.75) is 6.92 Å². The van der Waals surface area contributed by atoms with Gasteiger partial charge in [-0.25, -0.2) is 0 Å². The lowest BCUT2D eigenvalue weighted by molar-refractivity contribution is 0.104. The highest BCUT2D eigenvalue weighted by Crippen LogP contribution is 2.29. The van der Waals surface area contributed by atoms with Crippen LogP contribution < -0.4 is 0 Å². The molecule has 0 aliphatic rings. The quantitative estimate of drug-likeness (QED) is 0.734. The van der Waals surface area contributed by atoms with E-state index in [1.54, 1.807) is 6.07 Å². The van der Waals surface area contributed by atoms with Crippen molar-refractivity contribution >= 4 is 44.7 Å². The molecule has 1 heterocycles. The third-order valence-corrected chi connectivity index (χ3v) is 4.58. The van der Waals surface area contributed by atoms with E-state index < -0.39 is 0 Å². The van der Waals surface area contributed by atoms with Gasteiger partial charge in [0.05, 0.1) is 9.90 Å². The summed E-state index contributed by atoms with van der Waals surface area (Å²) in [5.74, 6) is -0.0150. The summed E-state index contributed by atoms with van der Waals surface area (Å²) in [4.78, 5) is 13.0. The second-order valence-corrected chi connectivity index (χ2v) is 5.51. The molecule has 0 spiro atoms. The van der Waals surface area contributed by atoms with Crippen molar-refractivity contribution in [1.29, 1.82) is 0 Å². The second kappa shape index (κ2) is 4.70. The monoisotopic (exact) mass is 314 g/mol. The molecule has 0 saturated heterocycles. The van der Waals surface area contributed by atoms with Gasteiger partial charge in [-0.05, 0) is 52.0 Å². The van der Waals surface area contributed by atoms with Gasteiger partial charge in [-0.2, -0.15) is 0 Å². The topological polar surface area (TPSA) is 17.1 Å². The van der Waals surface area contributed by atoms with Crippen LogP contribution >= 0.6 is 38.9 Å². The third kappa shape index (κ3) is 2.08. The van der Waals surface area contributed by atoms with Gasteiger partial charge in [-0.15, -0.1) is 11.3 Å². The fourth-order valence-electron chi connectivity index (χ4n) is 1.41. The number of carbonyl (C=O) groups is 1. The maximum atomic E-state index is 12.2. The summed E-state index contributed by atoms with van der Waals surface area (Å²) in [6, 6.07) is 7.31. The van der Waals surface area contributed by atoms with Crippen molar-refractivity contribution in [1.82, 2.24) is 0 Å². The molecule has 2 aromatic rings. The molecule has 0 aliphatic carbocycles. The highest BCUT2D eigenvalue weighted by atomic mass is 79.9. The molecule has 4 heteroatoms. The second-order valence-electron chi connectivity index (χ2n) is 3.36. The van der Waals surface area contributed by atoms with Crippen molar-refractivity contribution < 1.29 is 4.79 Å². The van der Waals surface area contributed by atoms with Gasteiger partial charge in [0, 0.05) is 10.0 Å². The molecule has 0 saturated carbocycles. The molecule has 0 unspecified atom stereocenters. The van der Waals surface area contributed by atoms with Crippen molar-refractivity contribution in [2.75, 3.05) is 0 Å². The summed E-state index contributed by atoms with van der Waals surface area (Å²) in [5, 5.41) is 2.38. The van der Waals surface area contributed by atoms with Crippen LogP contribution in [0.1, 0.15) is 20.8 Å². The Morgan fingerprint density at radius 3 is 2.75 bits per heavy atom. The van der Waals surface area contributed by atoms with Crippen molar-refractivity contribution in [2.24, 2.45) is 0 Å². The Morgan fingerprint density at radius 2 is 2.12 bits per heavy atom. The van der Waals surface area contributed by atoms with E-state index in [4.69, 9.17) is 11.6 Å². The summed E-state index contributed by atoms with van der Waals surface area (Å²) in [5.41, 5.74) is 1.53. The molecule has 1 aromatic carbocycles. The number of aryl methyl sites for hydroxylation is 1. The van der Waals surface area contributed by atoms with Crippen LogP contribution in [0, 0.1) is 6.92 Å². The van der Waals surface area contributed by atoms with Gasteiger partial charge in [-0.1, -0.05) is 17.7 Å². The highest BCUT2D eigenvalue weighted by molar-refractivity contribution is 9.10. The minimum atomic E-state index is -0.0150. The zero-order valence-corrected chi connectivity index (χ0v) is 11.6. The van der Waals surface area contributed by atoms with Crippen molar-refractivity contribution in [3.8, 4) is 0 Å². The van der Waals surface area contributed by atoms with Crippen LogP contribution in [0.4, 0.5) is 0 Å². The Kier molecular flexibility index (Phi) is 3.47. The first-order valence-corrected chi connectivity index (χ1v) is 6.69. The Hall–Kier alpha value is -0.640. The number of thiophene rings is 1. The van der Waals surface area contributed by atoms with Gasteiger partial charge >= 0.3 is 0 Å². The molecule has 0 atom stereocenters. The van der Waals surface area contributed by atoms with E-state index in [1.165, 1.54) is 11.3 Å². The number of ketones is 1. The van der Waals surface area contributed by atoms with Gasteiger partial charge < -0.3 is 0 Å². The highest BCUT2D eigenvalue weighted by Gasteiger charge is 2.17. The first-order valence-electron chi connectivity index (χ1n) is 4.64. The Balaban J connectivity index is 2.50. The zero-order chi connectivity index (χ0) is 11.7. The molecule has 0 fully saturated rings. The first-order chi connectivity index (χ1) is 7.61. The predicted octanol–water partition coefficient (Wildman–Crippen LogP) is 4.70. The molecule has 0 radical (unpaired) electrons. The minimum Gasteiger partial charge on any atom is -0.288 e. The fraction of sp³-hybridized carbons (Fsp3) is 0.0833. The fourth-order valence-corrected chi connectivity index (χ4v) is 2.86. The van der Waals surface area contributed by atoms with Crippen LogP contribution in [0.15, 0.2) is 34.1 Å². The van der Waals surface area contributed by atoms with Gasteiger partial charge in [-0.3, -0.25) is 4.79 Å². The molecule has 0 N–H and O–H groups in total. The van der Waals surface area contributed by atoms with Crippen LogP contribution in [-0.2, 0) is 0 Å². The standard InChI is InChI=1S/C12H8BrClOS/c1-7-5-6-16-12(7)11(15)8-3-2-4-9(13)10(8)14/h2-6H,1H3. The van der Waals surface area contributed by atoms with Crippen molar-refractivity contribution in [3.05, 3.63) is 55.1 Å². The summed E-state index contributed by atoms with van der Waals surface area (Å²) in [7, 11) is 0. The molecule has 16 heavy (non-hydrogen) atoms. The number of rotatable bonds is 2. The molecule has 2 rings (SSSR count). The zero-order valence-electron chi connectivity index (χ0n) is 8.46. The maximum Gasteiger partial charge on any atom is 0.204 e. The molecular formula is C12H8BrClOS. The van der Waals surface area contributed by atoms with E-state index in [2.05, 4.69) is 15.9 Å². The van der Waals surface area contributed by atoms with E-state index >= 15 is 0 Å². The lowest BCUT2D eigenvalue weighted by Gasteiger charge is -2.04. The van der Waals surface area contributed by atoms with Crippen LogP contribution in [0.25, 0.3) is 0 Å². The van der Waals surface area contributed by atoms with E-state index in [1.807, 2.05) is 30.5 Å². The lowest BCUT2D eigenvalue weighted by Crippen LogP contribution is -2.01. The van der Waals surface area contributed by atoms with Crippen LogP contribution in [0.2, 0.25) is 5.02 Å². The Labute approximate surface area is 111 Å².